The molecule has 0 atom stereocenters. The summed E-state index contributed by atoms with van der Waals surface area (Å²) in [6.07, 6.45) is 0. The molecule has 0 aromatic heterocycles. The molecule has 0 bridgehead atoms. The Hall–Kier alpha value is -2.91. The number of nitrogens with one attached hydrogen (secondary N) is 2. The fourth-order valence-corrected chi connectivity index (χ4v) is 3.56. The minimum atomic E-state index is -3.77. The van der Waals surface area contributed by atoms with Gasteiger partial charge in [-0.25, -0.2) is 12.7 Å². The van der Waals surface area contributed by atoms with Crippen molar-refractivity contribution in [1.29, 1.82) is 0 Å². The van der Waals surface area contributed by atoms with Gasteiger partial charge < -0.3 is 15.4 Å². The molecule has 0 saturated carbocycles. The number of hydrogen-bond donors (Lipinski definition) is 2. The van der Waals surface area contributed by atoms with Crippen molar-refractivity contribution in [3.8, 4) is 5.75 Å². The SMILES string of the molecule is CCOc1ccc(NC(=O)CNC(=O)c2cccc(C)c2)cc1S(=O)(=O)N(C)C. The zero-order valence-electron chi connectivity index (χ0n) is 16.9. The number of anilines is 1. The van der Waals surface area contributed by atoms with E-state index in [4.69, 9.17) is 4.74 Å². The molecule has 9 heteroatoms. The predicted octanol–water partition coefficient (Wildman–Crippen LogP) is 2.01. The Morgan fingerprint density at radius 3 is 2.45 bits per heavy atom. The molecular formula is C20H25N3O5S. The number of benzene rings is 2. The Labute approximate surface area is 170 Å². The van der Waals surface area contributed by atoms with Crippen molar-refractivity contribution in [3.63, 3.8) is 0 Å². The first-order valence-electron chi connectivity index (χ1n) is 8.99. The van der Waals surface area contributed by atoms with Crippen molar-refractivity contribution >= 4 is 27.5 Å². The fourth-order valence-electron chi connectivity index (χ4n) is 2.51. The molecule has 0 aliphatic rings. The minimum Gasteiger partial charge on any atom is -0.492 e. The molecule has 0 aliphatic carbocycles. The van der Waals surface area contributed by atoms with Gasteiger partial charge in [0, 0.05) is 25.3 Å². The molecule has 0 radical (unpaired) electrons. The largest absolute Gasteiger partial charge is 0.492 e. The molecule has 156 valence electrons. The Morgan fingerprint density at radius 2 is 1.83 bits per heavy atom. The quantitative estimate of drug-likeness (QED) is 0.681. The van der Waals surface area contributed by atoms with E-state index < -0.39 is 15.9 Å². The van der Waals surface area contributed by atoms with Crippen LogP contribution in [0.25, 0.3) is 0 Å². The van der Waals surface area contributed by atoms with Crippen LogP contribution in [-0.4, -0.2) is 51.8 Å². The van der Waals surface area contributed by atoms with Crippen LogP contribution in [0, 0.1) is 6.92 Å². The molecular weight excluding hydrogens is 394 g/mol. The van der Waals surface area contributed by atoms with Crippen LogP contribution in [0.5, 0.6) is 5.75 Å². The van der Waals surface area contributed by atoms with E-state index >= 15 is 0 Å². The summed E-state index contributed by atoms with van der Waals surface area (Å²) >= 11 is 0. The van der Waals surface area contributed by atoms with Gasteiger partial charge in [-0.2, -0.15) is 0 Å². The summed E-state index contributed by atoms with van der Waals surface area (Å²) in [6.45, 7) is 3.66. The zero-order valence-corrected chi connectivity index (χ0v) is 17.7. The van der Waals surface area contributed by atoms with Crippen LogP contribution in [0.4, 0.5) is 5.69 Å². The van der Waals surface area contributed by atoms with Gasteiger partial charge in [0.15, 0.2) is 0 Å². The van der Waals surface area contributed by atoms with Crippen LogP contribution in [-0.2, 0) is 14.8 Å². The summed E-state index contributed by atoms with van der Waals surface area (Å²) in [5, 5.41) is 5.13. The lowest BCUT2D eigenvalue weighted by Gasteiger charge is -2.16. The van der Waals surface area contributed by atoms with E-state index in [0.29, 0.717) is 12.2 Å². The van der Waals surface area contributed by atoms with Crippen molar-refractivity contribution in [2.24, 2.45) is 0 Å². The van der Waals surface area contributed by atoms with Crippen LogP contribution in [0.1, 0.15) is 22.8 Å². The lowest BCUT2D eigenvalue weighted by atomic mass is 10.1. The Kier molecular flexibility index (Phi) is 7.35. The molecule has 0 saturated heterocycles. The van der Waals surface area contributed by atoms with Gasteiger partial charge in [-0.15, -0.1) is 0 Å². The molecule has 8 nitrogen and oxygen atoms in total. The summed E-state index contributed by atoms with van der Waals surface area (Å²) < 4.78 is 31.5. The normalized spacial score (nSPS) is 11.2. The van der Waals surface area contributed by atoms with Crippen LogP contribution in [0.15, 0.2) is 47.4 Å². The molecule has 2 rings (SSSR count). The third kappa shape index (κ3) is 5.78. The third-order valence-electron chi connectivity index (χ3n) is 3.98. The number of nitrogens with zero attached hydrogens (tertiary/aromatic N) is 1. The molecule has 0 aliphatic heterocycles. The van der Waals surface area contributed by atoms with E-state index in [9.17, 15) is 18.0 Å². The summed E-state index contributed by atoms with van der Waals surface area (Å²) in [4.78, 5) is 24.3. The van der Waals surface area contributed by atoms with Gasteiger partial charge >= 0.3 is 0 Å². The maximum Gasteiger partial charge on any atom is 0.251 e. The monoisotopic (exact) mass is 419 g/mol. The van der Waals surface area contributed by atoms with Crippen molar-refractivity contribution < 1.29 is 22.7 Å². The van der Waals surface area contributed by atoms with Crippen molar-refractivity contribution in [2.45, 2.75) is 18.7 Å². The van der Waals surface area contributed by atoms with E-state index in [2.05, 4.69) is 10.6 Å². The lowest BCUT2D eigenvalue weighted by molar-refractivity contribution is -0.115. The fraction of sp³-hybridized carbons (Fsp3) is 0.300. The summed E-state index contributed by atoms with van der Waals surface area (Å²) in [5.41, 5.74) is 1.67. The molecule has 2 N–H and O–H groups in total. The number of hydrogen-bond acceptors (Lipinski definition) is 5. The number of aryl methyl sites for hydroxylation is 1. The van der Waals surface area contributed by atoms with E-state index in [-0.39, 0.29) is 28.8 Å². The van der Waals surface area contributed by atoms with Gasteiger partial charge in [0.25, 0.3) is 5.91 Å². The van der Waals surface area contributed by atoms with E-state index in [1.165, 1.54) is 26.2 Å². The number of sulfonamides is 1. The van der Waals surface area contributed by atoms with Crippen LogP contribution in [0.3, 0.4) is 0 Å². The smallest absolute Gasteiger partial charge is 0.251 e. The highest BCUT2D eigenvalue weighted by atomic mass is 32.2. The molecule has 2 aromatic rings. The molecule has 2 aromatic carbocycles. The molecule has 0 heterocycles. The van der Waals surface area contributed by atoms with Crippen LogP contribution < -0.4 is 15.4 Å². The first-order valence-corrected chi connectivity index (χ1v) is 10.4. The number of amides is 2. The highest BCUT2D eigenvalue weighted by molar-refractivity contribution is 7.89. The van der Waals surface area contributed by atoms with Gasteiger partial charge in [-0.1, -0.05) is 17.7 Å². The topological polar surface area (TPSA) is 105 Å². The number of carbonyl (C=O) groups excluding carboxylic acids is 2. The van der Waals surface area contributed by atoms with E-state index in [1.807, 2.05) is 13.0 Å². The second-order valence-electron chi connectivity index (χ2n) is 6.48. The molecule has 29 heavy (non-hydrogen) atoms. The van der Waals surface area contributed by atoms with Gasteiger partial charge in [-0.05, 0) is 44.2 Å². The average Bonchev–Trinajstić information content (AvgIpc) is 2.67. The standard InChI is InChI=1S/C20H25N3O5S/c1-5-28-17-10-9-16(12-18(17)29(26,27)23(3)4)22-19(24)13-21-20(25)15-8-6-7-14(2)11-15/h6-12H,5,13H2,1-4H3,(H,21,25)(H,22,24). The predicted molar refractivity (Wildman–Crippen MR) is 111 cm³/mol. The Morgan fingerprint density at radius 1 is 1.10 bits per heavy atom. The van der Waals surface area contributed by atoms with Crippen LogP contribution in [0.2, 0.25) is 0 Å². The Bertz CT molecular complexity index is 1000. The number of rotatable bonds is 8. The number of ether oxygens (including phenoxy) is 1. The highest BCUT2D eigenvalue weighted by Crippen LogP contribution is 2.29. The summed E-state index contributed by atoms with van der Waals surface area (Å²) in [7, 11) is -0.939. The van der Waals surface area contributed by atoms with Gasteiger partial charge in [-0.3, -0.25) is 9.59 Å². The maximum atomic E-state index is 12.5. The maximum absolute atomic E-state index is 12.5. The summed E-state index contributed by atoms with van der Waals surface area (Å²) in [6, 6.07) is 11.4. The average molecular weight is 420 g/mol. The van der Waals surface area contributed by atoms with E-state index in [0.717, 1.165) is 9.87 Å². The Balaban J connectivity index is 2.11. The molecule has 2 amide bonds. The zero-order chi connectivity index (χ0) is 21.6. The van der Waals surface area contributed by atoms with Crippen molar-refractivity contribution in [3.05, 3.63) is 53.6 Å². The van der Waals surface area contributed by atoms with Crippen molar-refractivity contribution in [1.82, 2.24) is 9.62 Å². The summed E-state index contributed by atoms with van der Waals surface area (Å²) in [5.74, 6) is -0.651. The second kappa shape index (κ2) is 9.53. The number of carbonyl (C=O) groups is 2. The van der Waals surface area contributed by atoms with E-state index in [1.54, 1.807) is 31.2 Å². The minimum absolute atomic E-state index is 0.0500. The molecule has 0 fully saturated rings. The highest BCUT2D eigenvalue weighted by Gasteiger charge is 2.23. The second-order valence-corrected chi connectivity index (χ2v) is 8.60. The van der Waals surface area contributed by atoms with Gasteiger partial charge in [0.1, 0.15) is 10.6 Å². The van der Waals surface area contributed by atoms with Gasteiger partial charge in [0.05, 0.1) is 13.2 Å². The van der Waals surface area contributed by atoms with Gasteiger partial charge in [0.2, 0.25) is 15.9 Å². The lowest BCUT2D eigenvalue weighted by Crippen LogP contribution is -2.33. The molecule has 0 spiro atoms. The molecule has 0 unspecified atom stereocenters. The third-order valence-corrected chi connectivity index (χ3v) is 5.81. The van der Waals surface area contributed by atoms with Crippen molar-refractivity contribution in [2.75, 3.05) is 32.6 Å². The first kappa shape index (κ1) is 22.4. The van der Waals surface area contributed by atoms with Crippen LogP contribution >= 0.6 is 0 Å². The first-order chi connectivity index (χ1) is 13.6.